The fourth-order valence-electron chi connectivity index (χ4n) is 7.43. The van der Waals surface area contributed by atoms with E-state index in [1.807, 2.05) is 22.7 Å². The average Bonchev–Trinajstić information content (AvgIpc) is 3.79. The maximum atomic E-state index is 2.39. The molecule has 10 rings (SSSR count). The topological polar surface area (TPSA) is 6.48 Å². The first-order chi connectivity index (χ1) is 25.8. The number of rotatable bonds is 7. The molecule has 0 unspecified atom stereocenters. The van der Waals surface area contributed by atoms with Gasteiger partial charge in [0.05, 0.1) is 20.8 Å². The van der Waals surface area contributed by atoms with Crippen molar-refractivity contribution in [1.29, 1.82) is 0 Å². The van der Waals surface area contributed by atoms with Gasteiger partial charge in [-0.3, -0.25) is 0 Å². The van der Waals surface area contributed by atoms with Crippen LogP contribution in [-0.4, -0.2) is 0 Å². The molecule has 0 bridgehead atoms. The zero-order chi connectivity index (χ0) is 34.4. The Kier molecular flexibility index (Phi) is 7.56. The summed E-state index contributed by atoms with van der Waals surface area (Å²) in [5.41, 5.74) is 9.28. The number of fused-ring (bicyclic) bond motifs is 6. The van der Waals surface area contributed by atoms with Gasteiger partial charge in [-0.2, -0.15) is 0 Å². The van der Waals surface area contributed by atoms with Crippen LogP contribution < -0.4 is 9.80 Å². The fourth-order valence-corrected chi connectivity index (χ4v) is 9.84. The van der Waals surface area contributed by atoms with Gasteiger partial charge in [-0.1, -0.05) is 121 Å². The Morgan fingerprint density at radius 3 is 1.04 bits per heavy atom. The molecule has 0 radical (unpaired) electrons. The van der Waals surface area contributed by atoms with Gasteiger partial charge in [0.2, 0.25) is 0 Å². The molecule has 0 fully saturated rings. The summed E-state index contributed by atoms with van der Waals surface area (Å²) in [5, 5.41) is 5.21. The molecule has 0 saturated heterocycles. The minimum Gasteiger partial charge on any atom is -0.309 e. The van der Waals surface area contributed by atoms with Crippen LogP contribution in [0.3, 0.4) is 0 Å². The fraction of sp³-hybridized carbons (Fsp3) is 0. The second kappa shape index (κ2) is 12.8. The van der Waals surface area contributed by atoms with Gasteiger partial charge in [-0.25, -0.2) is 0 Å². The molecule has 2 aromatic heterocycles. The monoisotopic (exact) mass is 700 g/mol. The predicted molar refractivity (Wildman–Crippen MR) is 227 cm³/mol. The van der Waals surface area contributed by atoms with Gasteiger partial charge in [-0.15, -0.1) is 22.7 Å². The van der Waals surface area contributed by atoms with Gasteiger partial charge >= 0.3 is 0 Å². The number of benzene rings is 8. The highest BCUT2D eigenvalue weighted by molar-refractivity contribution is 7.26. The van der Waals surface area contributed by atoms with Gasteiger partial charge in [0.1, 0.15) is 0 Å². The average molecular weight is 701 g/mol. The Morgan fingerprint density at radius 2 is 0.615 bits per heavy atom. The number of nitrogens with zero attached hydrogens (tertiary/aromatic N) is 2. The lowest BCUT2D eigenvalue weighted by atomic mass is 10.0. The third-order valence-electron chi connectivity index (χ3n) is 9.86. The van der Waals surface area contributed by atoms with Crippen molar-refractivity contribution in [3.63, 3.8) is 0 Å². The lowest BCUT2D eigenvalue weighted by Crippen LogP contribution is -2.10. The predicted octanol–water partition coefficient (Wildman–Crippen LogP) is 15.0. The van der Waals surface area contributed by atoms with Crippen molar-refractivity contribution >= 4 is 97.1 Å². The molecule has 0 amide bonds. The van der Waals surface area contributed by atoms with Crippen LogP contribution in [0.2, 0.25) is 0 Å². The first kappa shape index (κ1) is 30.6. The van der Waals surface area contributed by atoms with Gasteiger partial charge in [0.25, 0.3) is 0 Å². The molecular formula is C48H32N2S2. The molecule has 10 aromatic rings. The van der Waals surface area contributed by atoms with E-state index in [1.54, 1.807) is 0 Å². The lowest BCUT2D eigenvalue weighted by Gasteiger charge is -2.26. The molecular weight excluding hydrogens is 669 g/mol. The van der Waals surface area contributed by atoms with E-state index in [4.69, 9.17) is 0 Å². The summed E-state index contributed by atoms with van der Waals surface area (Å²) in [6.07, 6.45) is 0. The maximum Gasteiger partial charge on any atom is 0.0640 e. The van der Waals surface area contributed by atoms with Crippen molar-refractivity contribution in [3.05, 3.63) is 194 Å². The van der Waals surface area contributed by atoms with Crippen LogP contribution >= 0.6 is 22.7 Å². The Hall–Kier alpha value is -6.20. The Bertz CT molecular complexity index is 2640. The normalized spacial score (nSPS) is 11.5. The Labute approximate surface area is 310 Å². The van der Waals surface area contributed by atoms with Crippen molar-refractivity contribution in [2.24, 2.45) is 0 Å². The Balaban J connectivity index is 1.03. The van der Waals surface area contributed by atoms with E-state index in [9.17, 15) is 0 Å². The molecule has 0 saturated carbocycles. The summed E-state index contributed by atoms with van der Waals surface area (Å²) < 4.78 is 5.20. The minimum absolute atomic E-state index is 1.13. The van der Waals surface area contributed by atoms with Gasteiger partial charge in [-0.05, 0) is 83.9 Å². The summed E-state index contributed by atoms with van der Waals surface area (Å²) in [5.74, 6) is 0. The standard InChI is InChI=1S/C48H32N2S2/c1-3-13-35(14-4-1)49(43-21-11-19-41-39-17-7-9-23-45(39)51-47(41)43)37-29-25-33(26-30-37)34-27-31-38(32-28-34)50(36-15-5-2-6-16-36)44-22-12-20-42-40-18-8-10-24-46(40)52-48(42)44/h1-32H. The van der Waals surface area contributed by atoms with Gasteiger partial charge in [0, 0.05) is 53.7 Å². The summed E-state index contributed by atoms with van der Waals surface area (Å²) in [4.78, 5) is 4.77. The van der Waals surface area contributed by atoms with Crippen LogP contribution in [0, 0.1) is 0 Å². The van der Waals surface area contributed by atoms with Crippen molar-refractivity contribution < 1.29 is 0 Å². The highest BCUT2D eigenvalue weighted by Gasteiger charge is 2.20. The highest BCUT2D eigenvalue weighted by Crippen LogP contribution is 2.46. The number of hydrogen-bond donors (Lipinski definition) is 0. The summed E-state index contributed by atoms with van der Waals surface area (Å²) in [7, 11) is 0. The van der Waals surface area contributed by atoms with E-state index in [2.05, 4.69) is 204 Å². The van der Waals surface area contributed by atoms with E-state index < -0.39 is 0 Å². The van der Waals surface area contributed by atoms with Crippen LogP contribution in [0.4, 0.5) is 34.1 Å². The van der Waals surface area contributed by atoms with Crippen LogP contribution in [-0.2, 0) is 0 Å². The van der Waals surface area contributed by atoms with Crippen molar-refractivity contribution in [2.45, 2.75) is 0 Å². The lowest BCUT2D eigenvalue weighted by molar-refractivity contribution is 1.30. The molecule has 0 atom stereocenters. The molecule has 4 heteroatoms. The smallest absolute Gasteiger partial charge is 0.0640 e. The number of anilines is 6. The number of hydrogen-bond acceptors (Lipinski definition) is 4. The van der Waals surface area contributed by atoms with E-state index in [0.29, 0.717) is 0 Å². The van der Waals surface area contributed by atoms with Gasteiger partial charge < -0.3 is 9.80 Å². The van der Waals surface area contributed by atoms with Crippen molar-refractivity contribution in [3.8, 4) is 11.1 Å². The SMILES string of the molecule is c1ccc(N(c2ccc(-c3ccc(N(c4ccccc4)c4cccc5c4sc4ccccc45)cc3)cc2)c2cccc3c2sc2ccccc23)cc1. The maximum absolute atomic E-state index is 2.39. The molecule has 0 N–H and O–H groups in total. The molecule has 2 heterocycles. The largest absolute Gasteiger partial charge is 0.309 e. The molecule has 246 valence electrons. The van der Waals surface area contributed by atoms with Gasteiger partial charge in [0.15, 0.2) is 0 Å². The molecule has 2 nitrogen and oxygen atoms in total. The number of thiophene rings is 2. The molecule has 52 heavy (non-hydrogen) atoms. The van der Waals surface area contributed by atoms with Crippen LogP contribution in [0.5, 0.6) is 0 Å². The summed E-state index contributed by atoms with van der Waals surface area (Å²) >= 11 is 3.73. The van der Waals surface area contributed by atoms with Crippen LogP contribution in [0.25, 0.3) is 51.5 Å². The quantitative estimate of drug-likeness (QED) is 0.163. The summed E-state index contributed by atoms with van der Waals surface area (Å²) in [6, 6.07) is 70.1. The van der Waals surface area contributed by atoms with Crippen molar-refractivity contribution in [1.82, 2.24) is 0 Å². The third-order valence-corrected chi connectivity index (χ3v) is 12.3. The van der Waals surface area contributed by atoms with Crippen molar-refractivity contribution in [2.75, 3.05) is 9.80 Å². The second-order valence-electron chi connectivity index (χ2n) is 12.9. The van der Waals surface area contributed by atoms with Crippen LogP contribution in [0.1, 0.15) is 0 Å². The first-order valence-corrected chi connectivity index (χ1v) is 19.1. The Morgan fingerprint density at radius 1 is 0.269 bits per heavy atom. The van der Waals surface area contributed by atoms with E-state index in [-0.39, 0.29) is 0 Å². The molecule has 0 aliphatic rings. The van der Waals surface area contributed by atoms with E-state index in [1.165, 1.54) is 62.8 Å². The molecule has 0 aliphatic carbocycles. The minimum atomic E-state index is 1.13. The summed E-state index contributed by atoms with van der Waals surface area (Å²) in [6.45, 7) is 0. The third kappa shape index (κ3) is 5.24. The molecule has 0 spiro atoms. The highest BCUT2D eigenvalue weighted by atomic mass is 32.1. The second-order valence-corrected chi connectivity index (χ2v) is 15.0. The zero-order valence-electron chi connectivity index (χ0n) is 28.2. The number of para-hydroxylation sites is 2. The molecule has 8 aromatic carbocycles. The van der Waals surface area contributed by atoms with E-state index in [0.717, 1.165) is 22.7 Å². The zero-order valence-corrected chi connectivity index (χ0v) is 29.8. The first-order valence-electron chi connectivity index (χ1n) is 17.5. The van der Waals surface area contributed by atoms with E-state index >= 15 is 0 Å². The molecule has 0 aliphatic heterocycles. The van der Waals surface area contributed by atoms with Crippen LogP contribution in [0.15, 0.2) is 194 Å².